The van der Waals surface area contributed by atoms with Crippen molar-refractivity contribution in [3.63, 3.8) is 0 Å². The van der Waals surface area contributed by atoms with Gasteiger partial charge in [0.2, 0.25) is 11.8 Å². The Bertz CT molecular complexity index is 898. The molecule has 1 fully saturated rings. The van der Waals surface area contributed by atoms with Crippen LogP contribution in [0.1, 0.15) is 43.9 Å². The summed E-state index contributed by atoms with van der Waals surface area (Å²) < 4.78 is 5.41. The molecular weight excluding hydrogens is 414 g/mol. The molecule has 0 aliphatic carbocycles. The number of likely N-dealkylation sites (N-methyl/N-ethyl adjacent to an activating group) is 1. The normalized spacial score (nSPS) is 17.0. The molecule has 2 aromatic carbocycles. The number of hydrogen-bond acceptors (Lipinski definition) is 4. The van der Waals surface area contributed by atoms with Crippen molar-refractivity contribution in [1.29, 1.82) is 0 Å². The predicted octanol–water partition coefficient (Wildman–Crippen LogP) is 3.68. The van der Waals surface area contributed by atoms with Crippen molar-refractivity contribution in [2.24, 2.45) is 5.92 Å². The van der Waals surface area contributed by atoms with Gasteiger partial charge >= 0.3 is 0 Å². The van der Waals surface area contributed by atoms with Crippen LogP contribution in [0.5, 0.6) is 5.75 Å². The van der Waals surface area contributed by atoms with Crippen LogP contribution in [0.15, 0.2) is 54.6 Å². The molecule has 1 N–H and O–H groups in total. The molecule has 1 aliphatic rings. The molecule has 2 amide bonds. The fraction of sp³-hybridized carbons (Fsp3) is 0.481. The number of likely N-dealkylation sites (tertiary alicyclic amines) is 1. The van der Waals surface area contributed by atoms with Crippen LogP contribution in [0, 0.1) is 5.92 Å². The molecule has 2 unspecified atom stereocenters. The van der Waals surface area contributed by atoms with Crippen molar-refractivity contribution < 1.29 is 14.3 Å². The Morgan fingerprint density at radius 1 is 1.12 bits per heavy atom. The summed E-state index contributed by atoms with van der Waals surface area (Å²) in [5, 5.41) is 3.19. The van der Waals surface area contributed by atoms with Crippen molar-refractivity contribution in [1.82, 2.24) is 15.1 Å². The van der Waals surface area contributed by atoms with E-state index in [1.54, 1.807) is 7.11 Å². The van der Waals surface area contributed by atoms with Gasteiger partial charge in [0.1, 0.15) is 5.75 Å². The molecule has 1 saturated heterocycles. The van der Waals surface area contributed by atoms with Crippen LogP contribution in [0.4, 0.5) is 0 Å². The van der Waals surface area contributed by atoms with Gasteiger partial charge in [0, 0.05) is 19.6 Å². The fourth-order valence-corrected chi connectivity index (χ4v) is 4.61. The Labute approximate surface area is 197 Å². The highest BCUT2D eigenvalue weighted by Crippen LogP contribution is 2.24. The van der Waals surface area contributed by atoms with E-state index < -0.39 is 0 Å². The molecule has 178 valence electrons. The maximum absolute atomic E-state index is 13.1. The molecule has 33 heavy (non-hydrogen) atoms. The van der Waals surface area contributed by atoms with E-state index in [9.17, 15) is 9.59 Å². The lowest BCUT2D eigenvalue weighted by Crippen LogP contribution is -2.47. The van der Waals surface area contributed by atoms with E-state index in [1.807, 2.05) is 53.4 Å². The van der Waals surface area contributed by atoms with Crippen LogP contribution in [0.2, 0.25) is 0 Å². The maximum Gasteiger partial charge on any atom is 0.227 e. The van der Waals surface area contributed by atoms with E-state index in [2.05, 4.69) is 30.1 Å². The van der Waals surface area contributed by atoms with E-state index >= 15 is 0 Å². The van der Waals surface area contributed by atoms with E-state index in [4.69, 9.17) is 4.74 Å². The summed E-state index contributed by atoms with van der Waals surface area (Å²) in [4.78, 5) is 30.1. The number of rotatable bonds is 10. The number of nitrogens with zero attached hydrogens (tertiary/aromatic N) is 2. The number of benzene rings is 2. The molecular formula is C27H37N3O3. The zero-order valence-electron chi connectivity index (χ0n) is 20.1. The van der Waals surface area contributed by atoms with E-state index in [1.165, 1.54) is 0 Å². The van der Waals surface area contributed by atoms with Gasteiger partial charge in [0.05, 0.1) is 25.5 Å². The van der Waals surface area contributed by atoms with Gasteiger partial charge in [-0.2, -0.15) is 0 Å². The number of piperidine rings is 1. The zero-order valence-corrected chi connectivity index (χ0v) is 20.1. The monoisotopic (exact) mass is 451 g/mol. The highest BCUT2D eigenvalue weighted by Gasteiger charge is 2.29. The summed E-state index contributed by atoms with van der Waals surface area (Å²) in [5.41, 5.74) is 2.14. The lowest BCUT2D eigenvalue weighted by molar-refractivity contribution is -0.135. The van der Waals surface area contributed by atoms with Gasteiger partial charge in [-0.15, -0.1) is 0 Å². The van der Waals surface area contributed by atoms with Gasteiger partial charge in [0.15, 0.2) is 0 Å². The Morgan fingerprint density at radius 2 is 1.88 bits per heavy atom. The standard InChI is InChI=1S/C27H37N3O3/c1-4-29(5-2)25(22-13-9-15-24(18-22)33-3)19-28-27(32)23-14-10-16-30(20-23)26(31)17-21-11-7-6-8-12-21/h6-9,11-13,15,18,23,25H,4-5,10,14,16-17,19-20H2,1-3H3,(H,28,32). The number of methoxy groups -OCH3 is 1. The first-order valence-corrected chi connectivity index (χ1v) is 12.0. The summed E-state index contributed by atoms with van der Waals surface area (Å²) in [6, 6.07) is 17.9. The van der Waals surface area contributed by atoms with Gasteiger partial charge in [-0.25, -0.2) is 0 Å². The third-order valence-electron chi connectivity index (χ3n) is 6.54. The summed E-state index contributed by atoms with van der Waals surface area (Å²) in [6.45, 7) is 7.79. The molecule has 0 bridgehead atoms. The van der Waals surface area contributed by atoms with Crippen LogP contribution >= 0.6 is 0 Å². The third kappa shape index (κ3) is 6.81. The second kappa shape index (κ2) is 12.4. The summed E-state index contributed by atoms with van der Waals surface area (Å²) >= 11 is 0. The number of ether oxygens (including phenoxy) is 1. The van der Waals surface area contributed by atoms with Crippen molar-refractivity contribution >= 4 is 11.8 Å². The average molecular weight is 452 g/mol. The van der Waals surface area contributed by atoms with Gasteiger partial charge in [-0.1, -0.05) is 56.3 Å². The number of amides is 2. The lowest BCUT2D eigenvalue weighted by Gasteiger charge is -2.34. The molecule has 3 rings (SSSR count). The fourth-order valence-electron chi connectivity index (χ4n) is 4.61. The first-order chi connectivity index (χ1) is 16.0. The van der Waals surface area contributed by atoms with Crippen molar-refractivity contribution in [2.75, 3.05) is 39.8 Å². The molecule has 0 saturated carbocycles. The van der Waals surface area contributed by atoms with Gasteiger partial charge < -0.3 is 15.0 Å². The van der Waals surface area contributed by atoms with Crippen LogP contribution in [0.25, 0.3) is 0 Å². The summed E-state index contributed by atoms with van der Waals surface area (Å²) in [7, 11) is 1.67. The second-order valence-electron chi connectivity index (χ2n) is 8.60. The molecule has 1 heterocycles. The highest BCUT2D eigenvalue weighted by atomic mass is 16.5. The predicted molar refractivity (Wildman–Crippen MR) is 131 cm³/mol. The quantitative estimate of drug-likeness (QED) is 0.599. The van der Waals surface area contributed by atoms with Crippen molar-refractivity contribution in [3.8, 4) is 5.75 Å². The van der Waals surface area contributed by atoms with Crippen LogP contribution < -0.4 is 10.1 Å². The number of carbonyl (C=O) groups is 2. The topological polar surface area (TPSA) is 61.9 Å². The molecule has 2 atom stereocenters. The molecule has 0 spiro atoms. The minimum absolute atomic E-state index is 0.0345. The van der Waals surface area contributed by atoms with Gasteiger partial charge in [-0.05, 0) is 49.2 Å². The largest absolute Gasteiger partial charge is 0.497 e. The molecule has 6 nitrogen and oxygen atoms in total. The minimum atomic E-state index is -0.166. The molecule has 1 aliphatic heterocycles. The SMILES string of the molecule is CCN(CC)C(CNC(=O)C1CCCN(C(=O)Cc2ccccc2)C1)c1cccc(OC)c1. The molecule has 2 aromatic rings. The lowest BCUT2D eigenvalue weighted by atomic mass is 9.96. The zero-order chi connectivity index (χ0) is 23.6. The minimum Gasteiger partial charge on any atom is -0.497 e. The summed E-state index contributed by atoms with van der Waals surface area (Å²) in [5.74, 6) is 0.778. The van der Waals surface area contributed by atoms with Crippen LogP contribution in [-0.2, 0) is 16.0 Å². The second-order valence-corrected chi connectivity index (χ2v) is 8.60. The summed E-state index contributed by atoms with van der Waals surface area (Å²) in [6.07, 6.45) is 2.05. The average Bonchev–Trinajstić information content (AvgIpc) is 2.87. The van der Waals surface area contributed by atoms with E-state index in [-0.39, 0.29) is 23.8 Å². The van der Waals surface area contributed by atoms with Gasteiger partial charge in [-0.3, -0.25) is 14.5 Å². The Balaban J connectivity index is 1.61. The van der Waals surface area contributed by atoms with E-state index in [0.717, 1.165) is 49.4 Å². The molecule has 0 radical (unpaired) electrons. The van der Waals surface area contributed by atoms with Crippen molar-refractivity contribution in [3.05, 3.63) is 65.7 Å². The van der Waals surface area contributed by atoms with Gasteiger partial charge in [0.25, 0.3) is 0 Å². The Morgan fingerprint density at radius 3 is 2.58 bits per heavy atom. The molecule has 6 heteroatoms. The van der Waals surface area contributed by atoms with E-state index in [0.29, 0.717) is 19.5 Å². The smallest absolute Gasteiger partial charge is 0.227 e. The Hall–Kier alpha value is -2.86. The number of hydrogen-bond donors (Lipinski definition) is 1. The third-order valence-corrected chi connectivity index (χ3v) is 6.54. The molecule has 0 aromatic heterocycles. The van der Waals surface area contributed by atoms with Crippen molar-refractivity contribution in [2.45, 2.75) is 39.2 Å². The Kier molecular flexibility index (Phi) is 9.31. The number of carbonyl (C=O) groups excluding carboxylic acids is 2. The van der Waals surface area contributed by atoms with Crippen LogP contribution in [0.3, 0.4) is 0 Å². The number of nitrogens with one attached hydrogen (secondary N) is 1. The van der Waals surface area contributed by atoms with Crippen LogP contribution in [-0.4, -0.2) is 61.4 Å². The first kappa shape index (κ1) is 24.8. The highest BCUT2D eigenvalue weighted by molar-refractivity contribution is 5.82. The first-order valence-electron chi connectivity index (χ1n) is 12.0. The maximum atomic E-state index is 13.1.